The molecule has 6 heteroatoms. The number of imidazole rings is 1. The van der Waals surface area contributed by atoms with Crippen molar-refractivity contribution >= 4 is 24.0 Å². The van der Waals surface area contributed by atoms with Gasteiger partial charge in [-0.05, 0) is 12.6 Å². The monoisotopic (exact) mass is 317 g/mol. The van der Waals surface area contributed by atoms with E-state index in [4.69, 9.17) is 11.6 Å². The molecule has 0 radical (unpaired) electrons. The van der Waals surface area contributed by atoms with Crippen LogP contribution in [0.2, 0.25) is 5.02 Å². The number of halogens is 3. The third kappa shape index (κ3) is 4.47. The van der Waals surface area contributed by atoms with E-state index in [2.05, 4.69) is 17.2 Å². The van der Waals surface area contributed by atoms with Gasteiger partial charge in [-0.3, -0.25) is 0 Å². The van der Waals surface area contributed by atoms with Gasteiger partial charge in [0.1, 0.15) is 5.82 Å². The topological polar surface area (TPSA) is 29.9 Å². The van der Waals surface area contributed by atoms with Crippen LogP contribution in [0.4, 0.5) is 4.39 Å². The van der Waals surface area contributed by atoms with Crippen molar-refractivity contribution in [3.63, 3.8) is 0 Å². The summed E-state index contributed by atoms with van der Waals surface area (Å²) >= 11 is 5.76. The highest BCUT2D eigenvalue weighted by Crippen LogP contribution is 2.18. The molecule has 0 bridgehead atoms. The van der Waals surface area contributed by atoms with Crippen LogP contribution in [0.15, 0.2) is 30.7 Å². The predicted octanol–water partition coefficient (Wildman–Crippen LogP) is 3.30. The van der Waals surface area contributed by atoms with Crippen molar-refractivity contribution in [1.82, 2.24) is 14.9 Å². The van der Waals surface area contributed by atoms with Crippen molar-refractivity contribution in [1.29, 1.82) is 0 Å². The van der Waals surface area contributed by atoms with E-state index < -0.39 is 0 Å². The van der Waals surface area contributed by atoms with Crippen LogP contribution in [0.5, 0.6) is 0 Å². The smallest absolute Gasteiger partial charge is 0.146 e. The van der Waals surface area contributed by atoms with Crippen LogP contribution in [0.25, 0.3) is 0 Å². The van der Waals surface area contributed by atoms with Crippen LogP contribution < -0.4 is 5.32 Å². The molecule has 3 nitrogen and oxygen atoms in total. The number of benzene rings is 1. The Morgan fingerprint density at radius 3 is 2.95 bits per heavy atom. The molecule has 0 aliphatic carbocycles. The van der Waals surface area contributed by atoms with Crippen LogP contribution in [-0.2, 0) is 13.0 Å². The van der Waals surface area contributed by atoms with E-state index in [-0.39, 0.29) is 23.2 Å². The zero-order valence-electron chi connectivity index (χ0n) is 11.3. The summed E-state index contributed by atoms with van der Waals surface area (Å²) in [6, 6.07) is 5.04. The quantitative estimate of drug-likeness (QED) is 0.828. The molecule has 1 aromatic carbocycles. The highest BCUT2D eigenvalue weighted by Gasteiger charge is 2.07. The summed E-state index contributed by atoms with van der Waals surface area (Å²) in [5.74, 6) is -0.355. The average molecular weight is 318 g/mol. The number of nitrogens with one attached hydrogen (secondary N) is 1. The Kier molecular flexibility index (Phi) is 6.99. The van der Waals surface area contributed by atoms with E-state index in [1.807, 2.05) is 10.8 Å². The number of nitrogens with zero attached hydrogens (tertiary/aromatic N) is 2. The van der Waals surface area contributed by atoms with Gasteiger partial charge in [0.05, 0.1) is 23.6 Å². The van der Waals surface area contributed by atoms with E-state index in [0.717, 1.165) is 25.2 Å². The molecule has 0 saturated heterocycles. The van der Waals surface area contributed by atoms with Gasteiger partial charge in [-0.15, -0.1) is 12.4 Å². The van der Waals surface area contributed by atoms with Gasteiger partial charge in [0.25, 0.3) is 0 Å². The minimum absolute atomic E-state index is 0. The molecule has 110 valence electrons. The highest BCUT2D eigenvalue weighted by molar-refractivity contribution is 6.30. The van der Waals surface area contributed by atoms with Crippen LogP contribution in [0.1, 0.15) is 18.2 Å². The molecule has 0 amide bonds. The van der Waals surface area contributed by atoms with E-state index in [1.165, 1.54) is 0 Å². The van der Waals surface area contributed by atoms with Gasteiger partial charge in [0.15, 0.2) is 0 Å². The van der Waals surface area contributed by atoms with E-state index in [0.29, 0.717) is 12.1 Å². The largest absolute Gasteiger partial charge is 0.333 e. The van der Waals surface area contributed by atoms with E-state index >= 15 is 0 Å². The van der Waals surface area contributed by atoms with Crippen molar-refractivity contribution < 1.29 is 4.39 Å². The molecule has 2 rings (SSSR count). The molecule has 20 heavy (non-hydrogen) atoms. The molecule has 0 unspecified atom stereocenters. The van der Waals surface area contributed by atoms with Crippen molar-refractivity contribution in [2.75, 3.05) is 13.1 Å². The molecule has 1 N–H and O–H groups in total. The Morgan fingerprint density at radius 1 is 1.40 bits per heavy atom. The molecule has 1 heterocycles. The van der Waals surface area contributed by atoms with Crippen LogP contribution in [0, 0.1) is 5.82 Å². The van der Waals surface area contributed by atoms with Gasteiger partial charge in [0.2, 0.25) is 0 Å². The Bertz CT molecular complexity index is 543. The fourth-order valence-corrected chi connectivity index (χ4v) is 2.08. The number of aromatic nitrogens is 2. The van der Waals surface area contributed by atoms with E-state index in [1.54, 1.807) is 24.5 Å². The summed E-state index contributed by atoms with van der Waals surface area (Å²) in [5.41, 5.74) is 1.58. The lowest BCUT2D eigenvalue weighted by Gasteiger charge is -2.05. The molecule has 0 aliphatic rings. The minimum Gasteiger partial charge on any atom is -0.333 e. The second-order valence-corrected chi connectivity index (χ2v) is 4.76. The number of likely N-dealkylation sites (N-methyl/N-ethyl adjacent to an activating group) is 1. The Morgan fingerprint density at radius 2 is 2.20 bits per heavy atom. The molecule has 0 atom stereocenters. The van der Waals surface area contributed by atoms with Crippen molar-refractivity contribution in [3.8, 4) is 0 Å². The number of rotatable bonds is 6. The van der Waals surface area contributed by atoms with Gasteiger partial charge in [0, 0.05) is 24.7 Å². The maximum absolute atomic E-state index is 13.8. The number of hydrogen-bond donors (Lipinski definition) is 1. The molecule has 0 spiro atoms. The minimum atomic E-state index is -0.355. The first-order valence-corrected chi connectivity index (χ1v) is 6.72. The first-order chi connectivity index (χ1) is 9.20. The van der Waals surface area contributed by atoms with Crippen molar-refractivity contribution in [2.24, 2.45) is 0 Å². The maximum atomic E-state index is 13.8. The zero-order valence-corrected chi connectivity index (χ0v) is 12.8. The lowest BCUT2D eigenvalue weighted by molar-refractivity contribution is 0.599. The van der Waals surface area contributed by atoms with Crippen molar-refractivity contribution in [3.05, 3.63) is 52.8 Å². The third-order valence-corrected chi connectivity index (χ3v) is 3.17. The second-order valence-electron chi connectivity index (χ2n) is 4.35. The molecule has 0 fully saturated rings. The highest BCUT2D eigenvalue weighted by atomic mass is 35.5. The predicted molar refractivity (Wildman–Crippen MR) is 82.2 cm³/mol. The SMILES string of the molecule is CCNCCc1cn(Cc2cccc(Cl)c2F)cn1.Cl. The third-order valence-electron chi connectivity index (χ3n) is 2.88. The average Bonchev–Trinajstić information content (AvgIpc) is 2.83. The van der Waals surface area contributed by atoms with E-state index in [9.17, 15) is 4.39 Å². The van der Waals surface area contributed by atoms with Gasteiger partial charge in [-0.25, -0.2) is 9.37 Å². The van der Waals surface area contributed by atoms with Gasteiger partial charge in [-0.1, -0.05) is 30.7 Å². The molecule has 1 aromatic heterocycles. The first kappa shape index (κ1) is 17.0. The lowest BCUT2D eigenvalue weighted by atomic mass is 10.2. The van der Waals surface area contributed by atoms with Crippen molar-refractivity contribution in [2.45, 2.75) is 19.9 Å². The zero-order chi connectivity index (χ0) is 13.7. The molecular formula is C14H18Cl2FN3. The Balaban J connectivity index is 0.00000200. The van der Waals surface area contributed by atoms with Crippen LogP contribution in [-0.4, -0.2) is 22.6 Å². The molecule has 2 aromatic rings. The summed E-state index contributed by atoms with van der Waals surface area (Å²) in [4.78, 5) is 4.30. The van der Waals surface area contributed by atoms with Gasteiger partial charge >= 0.3 is 0 Å². The standard InChI is InChI=1S/C14H17ClFN3.ClH/c1-2-17-7-6-12-9-19(10-18-12)8-11-4-3-5-13(15)14(11)16;/h3-5,9-10,17H,2,6-8H2,1H3;1H. The van der Waals surface area contributed by atoms with Crippen LogP contribution in [0.3, 0.4) is 0 Å². The molecule has 0 saturated carbocycles. The van der Waals surface area contributed by atoms with Gasteiger partial charge in [-0.2, -0.15) is 0 Å². The summed E-state index contributed by atoms with van der Waals surface area (Å²) in [7, 11) is 0. The Hall–Kier alpha value is -1.10. The Labute approximate surface area is 129 Å². The summed E-state index contributed by atoms with van der Waals surface area (Å²) in [6.45, 7) is 4.37. The fourth-order valence-electron chi connectivity index (χ4n) is 1.88. The summed E-state index contributed by atoms with van der Waals surface area (Å²) < 4.78 is 15.6. The second kappa shape index (κ2) is 8.25. The first-order valence-electron chi connectivity index (χ1n) is 6.35. The van der Waals surface area contributed by atoms with Gasteiger partial charge < -0.3 is 9.88 Å². The summed E-state index contributed by atoms with van der Waals surface area (Å²) in [5, 5.41) is 3.40. The fraction of sp³-hybridized carbons (Fsp3) is 0.357. The molecular weight excluding hydrogens is 300 g/mol. The lowest BCUT2D eigenvalue weighted by Crippen LogP contribution is -2.16. The normalized spacial score (nSPS) is 10.3. The summed E-state index contributed by atoms with van der Waals surface area (Å²) in [6.07, 6.45) is 4.54. The molecule has 0 aliphatic heterocycles. The van der Waals surface area contributed by atoms with Crippen LogP contribution >= 0.6 is 24.0 Å². The number of hydrogen-bond acceptors (Lipinski definition) is 2. The maximum Gasteiger partial charge on any atom is 0.146 e.